The van der Waals surface area contributed by atoms with E-state index in [1.807, 2.05) is 27.8 Å². The summed E-state index contributed by atoms with van der Waals surface area (Å²) in [6.45, 7) is 10.2. The van der Waals surface area contributed by atoms with Gasteiger partial charge in [0.15, 0.2) is 0 Å². The molecule has 96 valence electrons. The fraction of sp³-hybridized carbons (Fsp3) is 0.917. The Hall–Kier alpha value is -0.770. The van der Waals surface area contributed by atoms with Crippen LogP contribution in [0.4, 0.5) is 4.79 Å². The molecule has 0 aliphatic carbocycles. The van der Waals surface area contributed by atoms with Gasteiger partial charge in [-0.1, -0.05) is 6.92 Å². The molecule has 0 aliphatic rings. The zero-order chi connectivity index (χ0) is 12.6. The van der Waals surface area contributed by atoms with Crippen molar-refractivity contribution in [3.05, 3.63) is 0 Å². The zero-order valence-corrected chi connectivity index (χ0v) is 11.3. The van der Waals surface area contributed by atoms with Crippen molar-refractivity contribution in [2.45, 2.75) is 46.1 Å². The quantitative estimate of drug-likeness (QED) is 0.712. The molecule has 0 unspecified atom stereocenters. The van der Waals surface area contributed by atoms with Gasteiger partial charge in [0, 0.05) is 13.1 Å². The molecule has 0 aliphatic heterocycles. The summed E-state index contributed by atoms with van der Waals surface area (Å²) in [5, 5.41) is 3.07. The second-order valence-corrected chi connectivity index (χ2v) is 4.92. The van der Waals surface area contributed by atoms with E-state index >= 15 is 0 Å². The molecular formula is C12H26N2O2. The van der Waals surface area contributed by atoms with Crippen molar-refractivity contribution >= 4 is 6.09 Å². The summed E-state index contributed by atoms with van der Waals surface area (Å²) in [5.41, 5.74) is -0.411. The molecule has 0 atom stereocenters. The number of amides is 1. The van der Waals surface area contributed by atoms with Gasteiger partial charge in [0.05, 0.1) is 0 Å². The van der Waals surface area contributed by atoms with Crippen LogP contribution in [0.1, 0.15) is 40.5 Å². The van der Waals surface area contributed by atoms with Crippen LogP contribution < -0.4 is 5.32 Å². The minimum absolute atomic E-state index is 0.203. The van der Waals surface area contributed by atoms with E-state index in [0.717, 1.165) is 32.5 Å². The SMILES string of the molecule is CCCN(CCCNC)C(=O)OC(C)(C)C. The van der Waals surface area contributed by atoms with Gasteiger partial charge in [0.1, 0.15) is 5.60 Å². The Bertz CT molecular complexity index is 200. The monoisotopic (exact) mass is 230 g/mol. The molecule has 0 aromatic carbocycles. The summed E-state index contributed by atoms with van der Waals surface area (Å²) in [4.78, 5) is 13.6. The van der Waals surface area contributed by atoms with E-state index in [-0.39, 0.29) is 6.09 Å². The largest absolute Gasteiger partial charge is 0.444 e. The fourth-order valence-corrected chi connectivity index (χ4v) is 1.34. The molecule has 0 aromatic heterocycles. The molecule has 0 spiro atoms. The van der Waals surface area contributed by atoms with Crippen molar-refractivity contribution in [2.75, 3.05) is 26.7 Å². The Balaban J connectivity index is 4.12. The highest BCUT2D eigenvalue weighted by Gasteiger charge is 2.20. The molecule has 0 fully saturated rings. The molecule has 1 amide bonds. The molecule has 0 rings (SSSR count). The van der Waals surface area contributed by atoms with Crippen molar-refractivity contribution in [3.8, 4) is 0 Å². The standard InChI is InChI=1S/C12H26N2O2/c1-6-9-14(10-7-8-13-5)11(15)16-12(2,3)4/h13H,6-10H2,1-5H3. The lowest BCUT2D eigenvalue weighted by molar-refractivity contribution is 0.0248. The van der Waals surface area contributed by atoms with Crippen LogP contribution in [-0.4, -0.2) is 43.3 Å². The topological polar surface area (TPSA) is 41.6 Å². The minimum atomic E-state index is -0.411. The first-order valence-corrected chi connectivity index (χ1v) is 6.03. The van der Waals surface area contributed by atoms with Gasteiger partial charge in [-0.3, -0.25) is 0 Å². The Labute approximate surface area is 99.3 Å². The molecule has 4 nitrogen and oxygen atoms in total. The highest BCUT2D eigenvalue weighted by Crippen LogP contribution is 2.10. The second kappa shape index (κ2) is 7.49. The van der Waals surface area contributed by atoms with Gasteiger partial charge in [0.2, 0.25) is 0 Å². The molecule has 16 heavy (non-hydrogen) atoms. The minimum Gasteiger partial charge on any atom is -0.444 e. The maximum absolute atomic E-state index is 11.8. The lowest BCUT2D eigenvalue weighted by Gasteiger charge is -2.27. The van der Waals surface area contributed by atoms with Crippen LogP contribution in [0.5, 0.6) is 0 Å². The second-order valence-electron chi connectivity index (χ2n) is 4.92. The third kappa shape index (κ3) is 7.51. The average Bonchev–Trinajstić information content (AvgIpc) is 2.14. The van der Waals surface area contributed by atoms with Crippen LogP contribution in [-0.2, 0) is 4.74 Å². The van der Waals surface area contributed by atoms with Gasteiger partial charge in [-0.15, -0.1) is 0 Å². The van der Waals surface area contributed by atoms with E-state index in [1.165, 1.54) is 0 Å². The summed E-state index contributed by atoms with van der Waals surface area (Å²) in [6.07, 6.45) is 1.71. The summed E-state index contributed by atoms with van der Waals surface area (Å²) in [5.74, 6) is 0. The van der Waals surface area contributed by atoms with Gasteiger partial charge in [-0.05, 0) is 47.2 Å². The third-order valence-corrected chi connectivity index (χ3v) is 2.00. The van der Waals surface area contributed by atoms with Crippen molar-refractivity contribution in [2.24, 2.45) is 0 Å². The van der Waals surface area contributed by atoms with Crippen LogP contribution in [0.15, 0.2) is 0 Å². The number of hydrogen-bond acceptors (Lipinski definition) is 3. The van der Waals surface area contributed by atoms with E-state index in [0.29, 0.717) is 0 Å². The third-order valence-electron chi connectivity index (χ3n) is 2.00. The number of ether oxygens (including phenoxy) is 1. The molecule has 0 radical (unpaired) electrons. The maximum atomic E-state index is 11.8. The molecule has 4 heteroatoms. The van der Waals surface area contributed by atoms with Gasteiger partial charge < -0.3 is 15.0 Å². The number of nitrogens with one attached hydrogen (secondary N) is 1. The number of hydrogen-bond donors (Lipinski definition) is 1. The lowest BCUT2D eigenvalue weighted by atomic mass is 10.2. The first-order valence-electron chi connectivity index (χ1n) is 6.03. The first-order chi connectivity index (χ1) is 7.40. The smallest absolute Gasteiger partial charge is 0.410 e. The summed E-state index contributed by atoms with van der Waals surface area (Å²) >= 11 is 0. The number of carbonyl (C=O) groups excluding carboxylic acids is 1. The number of rotatable bonds is 6. The highest BCUT2D eigenvalue weighted by molar-refractivity contribution is 5.68. The van der Waals surface area contributed by atoms with Crippen molar-refractivity contribution in [1.82, 2.24) is 10.2 Å². The van der Waals surface area contributed by atoms with Crippen LogP contribution in [0, 0.1) is 0 Å². The van der Waals surface area contributed by atoms with Crippen LogP contribution in [0.2, 0.25) is 0 Å². The summed E-state index contributed by atoms with van der Waals surface area (Å²) < 4.78 is 5.35. The molecule has 0 heterocycles. The predicted octanol–water partition coefficient (Wildman–Crippen LogP) is 2.24. The molecule has 1 N–H and O–H groups in total. The first kappa shape index (κ1) is 15.2. The maximum Gasteiger partial charge on any atom is 0.410 e. The highest BCUT2D eigenvalue weighted by atomic mass is 16.6. The normalized spacial score (nSPS) is 11.3. The van der Waals surface area contributed by atoms with E-state index < -0.39 is 5.60 Å². The van der Waals surface area contributed by atoms with Gasteiger partial charge in [-0.25, -0.2) is 4.79 Å². The van der Waals surface area contributed by atoms with E-state index in [1.54, 1.807) is 4.90 Å². The van der Waals surface area contributed by atoms with Crippen LogP contribution in [0.25, 0.3) is 0 Å². The molecular weight excluding hydrogens is 204 g/mol. The van der Waals surface area contributed by atoms with Crippen molar-refractivity contribution in [1.29, 1.82) is 0 Å². The van der Waals surface area contributed by atoms with E-state index in [9.17, 15) is 4.79 Å². The van der Waals surface area contributed by atoms with Gasteiger partial charge in [0.25, 0.3) is 0 Å². The molecule has 0 bridgehead atoms. The zero-order valence-electron chi connectivity index (χ0n) is 11.3. The Kier molecular flexibility index (Phi) is 7.13. The van der Waals surface area contributed by atoms with Gasteiger partial charge in [-0.2, -0.15) is 0 Å². The van der Waals surface area contributed by atoms with Crippen molar-refractivity contribution < 1.29 is 9.53 Å². The van der Waals surface area contributed by atoms with Crippen LogP contribution in [0.3, 0.4) is 0 Å². The Morgan fingerprint density at radius 2 is 1.94 bits per heavy atom. The Morgan fingerprint density at radius 3 is 2.38 bits per heavy atom. The van der Waals surface area contributed by atoms with E-state index in [4.69, 9.17) is 4.74 Å². The number of nitrogens with zero attached hydrogens (tertiary/aromatic N) is 1. The molecule has 0 saturated carbocycles. The van der Waals surface area contributed by atoms with Crippen molar-refractivity contribution in [3.63, 3.8) is 0 Å². The number of carbonyl (C=O) groups is 1. The Morgan fingerprint density at radius 1 is 1.31 bits per heavy atom. The van der Waals surface area contributed by atoms with Gasteiger partial charge >= 0.3 is 6.09 Å². The fourth-order valence-electron chi connectivity index (χ4n) is 1.34. The average molecular weight is 230 g/mol. The summed E-state index contributed by atoms with van der Waals surface area (Å²) in [7, 11) is 1.91. The molecule has 0 aromatic rings. The van der Waals surface area contributed by atoms with Crippen LogP contribution >= 0.6 is 0 Å². The lowest BCUT2D eigenvalue weighted by Crippen LogP contribution is -2.38. The predicted molar refractivity (Wildman–Crippen MR) is 66.6 cm³/mol. The molecule has 0 saturated heterocycles. The van der Waals surface area contributed by atoms with E-state index in [2.05, 4.69) is 12.2 Å². The summed E-state index contributed by atoms with van der Waals surface area (Å²) in [6, 6.07) is 0.